The summed E-state index contributed by atoms with van der Waals surface area (Å²) in [6, 6.07) is 3.27. The lowest BCUT2D eigenvalue weighted by Crippen LogP contribution is -2.43. The fourth-order valence-corrected chi connectivity index (χ4v) is 6.98. The number of carbonyl (C=O) groups excluding carboxylic acids is 1. The third kappa shape index (κ3) is 6.67. The van der Waals surface area contributed by atoms with Crippen LogP contribution in [-0.2, 0) is 21.2 Å². The third-order valence-electron chi connectivity index (χ3n) is 8.24. The summed E-state index contributed by atoms with van der Waals surface area (Å²) in [7, 11) is -1.35. The van der Waals surface area contributed by atoms with Crippen molar-refractivity contribution in [2.24, 2.45) is 17.8 Å². The standard InChI is InChI=1S/C28H39F3N4O3S/c1-5-39(37,38)24-11-10-23(32-14-24)13-33-27(36)21-12-20-17-35(25(18(2)3)26(20)34(4)16-21)15-19-6-8-22(9-7-19)28(29,30)31/h10-12,14,18-19,22,25H,5-9,13,15-17H2,1-4H3,(H,33,36)/t19-,22-,25-/m0/s1. The highest BCUT2D eigenvalue weighted by molar-refractivity contribution is 7.91. The molecular formula is C28H39F3N4O3S. The van der Waals surface area contributed by atoms with Crippen LogP contribution >= 0.6 is 0 Å². The van der Waals surface area contributed by atoms with Gasteiger partial charge in [-0.25, -0.2) is 8.42 Å². The van der Waals surface area contributed by atoms with Crippen molar-refractivity contribution in [3.8, 4) is 0 Å². The van der Waals surface area contributed by atoms with E-state index in [1.54, 1.807) is 13.0 Å². The maximum absolute atomic E-state index is 13.1. The minimum absolute atomic E-state index is 0.00144. The van der Waals surface area contributed by atoms with E-state index < -0.39 is 21.9 Å². The topological polar surface area (TPSA) is 82.6 Å². The van der Waals surface area contributed by atoms with Crippen molar-refractivity contribution in [1.82, 2.24) is 20.1 Å². The smallest absolute Gasteiger partial charge is 0.372 e. The van der Waals surface area contributed by atoms with Gasteiger partial charge in [0, 0.05) is 44.1 Å². The molecule has 0 aromatic carbocycles. The number of rotatable bonds is 8. The predicted molar refractivity (Wildman–Crippen MR) is 143 cm³/mol. The number of sulfone groups is 1. The van der Waals surface area contributed by atoms with Crippen LogP contribution in [0.15, 0.2) is 46.1 Å². The molecule has 1 atom stereocenters. The van der Waals surface area contributed by atoms with Gasteiger partial charge in [0.15, 0.2) is 9.84 Å². The Bertz CT molecular complexity index is 1220. The van der Waals surface area contributed by atoms with Crippen molar-refractivity contribution in [3.63, 3.8) is 0 Å². The van der Waals surface area contributed by atoms with E-state index in [9.17, 15) is 26.4 Å². The molecule has 1 aromatic rings. The number of alkyl halides is 3. The Morgan fingerprint density at radius 1 is 1.15 bits per heavy atom. The van der Waals surface area contributed by atoms with Gasteiger partial charge in [-0.05, 0) is 61.3 Å². The fourth-order valence-electron chi connectivity index (χ4n) is 6.16. The van der Waals surface area contributed by atoms with E-state index in [1.165, 1.54) is 18.0 Å². The molecule has 0 bridgehead atoms. The summed E-state index contributed by atoms with van der Waals surface area (Å²) in [4.78, 5) is 21.9. The molecule has 216 valence electrons. The van der Waals surface area contributed by atoms with Gasteiger partial charge in [0.1, 0.15) is 0 Å². The number of aromatic nitrogens is 1. The zero-order chi connectivity index (χ0) is 28.5. The molecule has 1 aliphatic carbocycles. The van der Waals surface area contributed by atoms with Crippen LogP contribution in [0.3, 0.4) is 0 Å². The normalized spacial score (nSPS) is 24.7. The number of carbonyl (C=O) groups is 1. The Morgan fingerprint density at radius 3 is 2.41 bits per heavy atom. The lowest BCUT2D eigenvalue weighted by Gasteiger charge is -2.38. The highest BCUT2D eigenvalue weighted by Crippen LogP contribution is 2.42. The summed E-state index contributed by atoms with van der Waals surface area (Å²) in [5.41, 5.74) is 3.48. The molecule has 2 aliphatic heterocycles. The highest BCUT2D eigenvalue weighted by Gasteiger charge is 2.43. The van der Waals surface area contributed by atoms with Crippen LogP contribution in [0.25, 0.3) is 0 Å². The molecule has 11 heteroatoms. The quantitative estimate of drug-likeness (QED) is 0.503. The van der Waals surface area contributed by atoms with Gasteiger partial charge in [-0.2, -0.15) is 13.2 Å². The van der Waals surface area contributed by atoms with Gasteiger partial charge in [-0.3, -0.25) is 14.7 Å². The average Bonchev–Trinajstić information content (AvgIpc) is 3.26. The first-order valence-electron chi connectivity index (χ1n) is 13.7. The second kappa shape index (κ2) is 11.6. The van der Waals surface area contributed by atoms with Crippen molar-refractivity contribution < 1.29 is 26.4 Å². The van der Waals surface area contributed by atoms with E-state index in [0.717, 1.165) is 12.1 Å². The van der Waals surface area contributed by atoms with Crippen LogP contribution in [0, 0.1) is 17.8 Å². The van der Waals surface area contributed by atoms with Gasteiger partial charge in [0.05, 0.1) is 34.8 Å². The van der Waals surface area contributed by atoms with Gasteiger partial charge in [-0.15, -0.1) is 0 Å². The summed E-state index contributed by atoms with van der Waals surface area (Å²) in [6.45, 7) is 7.98. The molecular weight excluding hydrogens is 529 g/mol. The molecule has 1 saturated carbocycles. The van der Waals surface area contributed by atoms with Crippen molar-refractivity contribution in [3.05, 3.63) is 46.9 Å². The molecule has 1 aromatic heterocycles. The molecule has 0 saturated heterocycles. The van der Waals surface area contributed by atoms with E-state index in [2.05, 4.69) is 33.9 Å². The number of hydrogen-bond acceptors (Lipinski definition) is 6. The average molecular weight is 569 g/mol. The molecule has 1 N–H and O–H groups in total. The second-order valence-corrected chi connectivity index (χ2v) is 13.7. The molecule has 3 heterocycles. The Hall–Kier alpha value is -2.40. The number of halogens is 3. The summed E-state index contributed by atoms with van der Waals surface area (Å²) < 4.78 is 63.3. The monoisotopic (exact) mass is 568 g/mol. The minimum Gasteiger partial charge on any atom is -0.372 e. The molecule has 7 nitrogen and oxygen atoms in total. The summed E-state index contributed by atoms with van der Waals surface area (Å²) in [5.74, 6) is -0.814. The summed E-state index contributed by atoms with van der Waals surface area (Å²) >= 11 is 0. The maximum Gasteiger partial charge on any atom is 0.391 e. The van der Waals surface area contributed by atoms with Gasteiger partial charge in [-0.1, -0.05) is 20.8 Å². The first kappa shape index (κ1) is 29.6. The lowest BCUT2D eigenvalue weighted by atomic mass is 9.81. The van der Waals surface area contributed by atoms with Gasteiger partial charge < -0.3 is 10.2 Å². The van der Waals surface area contributed by atoms with E-state index in [4.69, 9.17) is 0 Å². The Balaban J connectivity index is 1.40. The number of pyridine rings is 1. The lowest BCUT2D eigenvalue weighted by molar-refractivity contribution is -0.184. The van der Waals surface area contributed by atoms with Crippen molar-refractivity contribution in [2.75, 3.05) is 32.4 Å². The van der Waals surface area contributed by atoms with E-state index >= 15 is 0 Å². The Kier molecular flexibility index (Phi) is 8.80. The molecule has 1 amide bonds. The van der Waals surface area contributed by atoms with E-state index in [0.29, 0.717) is 43.1 Å². The number of amides is 1. The first-order valence-corrected chi connectivity index (χ1v) is 15.4. The molecule has 4 rings (SSSR count). The maximum atomic E-state index is 13.1. The number of nitrogens with zero attached hydrogens (tertiary/aromatic N) is 3. The Labute approximate surface area is 229 Å². The van der Waals surface area contributed by atoms with Gasteiger partial charge >= 0.3 is 6.18 Å². The van der Waals surface area contributed by atoms with Crippen molar-refractivity contribution in [2.45, 2.75) is 70.1 Å². The van der Waals surface area contributed by atoms with Crippen LogP contribution < -0.4 is 5.32 Å². The fraction of sp³-hybridized carbons (Fsp3) is 0.643. The molecule has 0 radical (unpaired) electrons. The Morgan fingerprint density at radius 2 is 1.85 bits per heavy atom. The zero-order valence-electron chi connectivity index (χ0n) is 23.1. The molecule has 0 unspecified atom stereocenters. The largest absolute Gasteiger partial charge is 0.391 e. The zero-order valence-corrected chi connectivity index (χ0v) is 23.9. The number of likely N-dealkylation sites (N-methyl/N-ethyl adjacent to an activating group) is 1. The second-order valence-electron chi connectivity index (χ2n) is 11.4. The van der Waals surface area contributed by atoms with Gasteiger partial charge in [0.2, 0.25) is 5.91 Å². The van der Waals surface area contributed by atoms with E-state index in [-0.39, 0.29) is 47.9 Å². The number of nitrogens with one attached hydrogen (secondary N) is 1. The van der Waals surface area contributed by atoms with Gasteiger partial charge in [0.25, 0.3) is 0 Å². The SMILES string of the molecule is CCS(=O)(=O)c1ccc(CNC(=O)C2=CC3=C([C@H](C(C)C)N(C[C@H]4CC[C@H](C(F)(F)F)CC4)C3)N(C)C2)nc1. The third-order valence-corrected chi connectivity index (χ3v) is 9.96. The van der Waals surface area contributed by atoms with Crippen LogP contribution in [-0.4, -0.2) is 73.8 Å². The summed E-state index contributed by atoms with van der Waals surface area (Å²) in [6.07, 6.45) is 0.781. The van der Waals surface area contributed by atoms with Crippen LogP contribution in [0.4, 0.5) is 13.2 Å². The van der Waals surface area contributed by atoms with Crippen molar-refractivity contribution >= 4 is 15.7 Å². The first-order chi connectivity index (χ1) is 18.3. The number of hydrogen-bond donors (Lipinski definition) is 1. The molecule has 3 aliphatic rings. The van der Waals surface area contributed by atoms with Crippen LogP contribution in [0.5, 0.6) is 0 Å². The van der Waals surface area contributed by atoms with Crippen LogP contribution in [0.2, 0.25) is 0 Å². The molecule has 39 heavy (non-hydrogen) atoms. The van der Waals surface area contributed by atoms with Crippen LogP contribution in [0.1, 0.15) is 52.1 Å². The summed E-state index contributed by atoms with van der Waals surface area (Å²) in [5, 5.41) is 2.89. The van der Waals surface area contributed by atoms with Crippen molar-refractivity contribution in [1.29, 1.82) is 0 Å². The minimum atomic E-state index is -4.10. The molecule has 1 fully saturated rings. The predicted octanol–water partition coefficient (Wildman–Crippen LogP) is 4.33. The highest BCUT2D eigenvalue weighted by atomic mass is 32.2. The van der Waals surface area contributed by atoms with E-state index in [1.807, 2.05) is 13.1 Å². The molecule has 0 spiro atoms.